The second-order valence-corrected chi connectivity index (χ2v) is 7.76. The Balaban J connectivity index is 1.63. The molecule has 7 nitrogen and oxygen atoms in total. The quantitative estimate of drug-likeness (QED) is 0.504. The summed E-state index contributed by atoms with van der Waals surface area (Å²) in [4.78, 5) is 20.4. The lowest BCUT2D eigenvalue weighted by atomic mass is 10.0. The van der Waals surface area contributed by atoms with Crippen molar-refractivity contribution in [2.24, 2.45) is 0 Å². The molecule has 8 heteroatoms. The highest BCUT2D eigenvalue weighted by Gasteiger charge is 2.21. The van der Waals surface area contributed by atoms with Crippen molar-refractivity contribution in [1.29, 1.82) is 0 Å². The summed E-state index contributed by atoms with van der Waals surface area (Å²) in [6.07, 6.45) is 1.63. The molecule has 1 saturated heterocycles. The van der Waals surface area contributed by atoms with Crippen molar-refractivity contribution in [3.05, 3.63) is 64.3 Å². The molecule has 0 amide bonds. The first kappa shape index (κ1) is 20.2. The van der Waals surface area contributed by atoms with E-state index in [9.17, 15) is 9.18 Å². The maximum Gasteiger partial charge on any atom is 0.293 e. The summed E-state index contributed by atoms with van der Waals surface area (Å²) >= 11 is 0. The Kier molecular flexibility index (Phi) is 5.33. The summed E-state index contributed by atoms with van der Waals surface area (Å²) in [6, 6.07) is 10.4. The van der Waals surface area contributed by atoms with Crippen LogP contribution in [0.15, 0.2) is 47.4 Å². The number of nitrogens with one attached hydrogen (secondary N) is 1. The molecule has 0 unspecified atom stereocenters. The minimum absolute atomic E-state index is 0.234. The highest BCUT2D eigenvalue weighted by Crippen LogP contribution is 2.23. The first-order chi connectivity index (χ1) is 15.7. The number of nitrogens with zero attached hydrogens (tertiary/aromatic N) is 5. The molecule has 1 aliphatic heterocycles. The Morgan fingerprint density at radius 2 is 1.91 bits per heavy atom. The number of rotatable bonds is 4. The highest BCUT2D eigenvalue weighted by molar-refractivity contribution is 5.86. The zero-order valence-electron chi connectivity index (χ0n) is 17.8. The van der Waals surface area contributed by atoms with Crippen LogP contribution in [0.3, 0.4) is 0 Å². The van der Waals surface area contributed by atoms with Gasteiger partial charge in [0.05, 0.1) is 19.3 Å². The van der Waals surface area contributed by atoms with Gasteiger partial charge >= 0.3 is 0 Å². The summed E-state index contributed by atoms with van der Waals surface area (Å²) in [5.74, 6) is 6.44. The fourth-order valence-electron chi connectivity index (χ4n) is 4.22. The molecule has 0 radical (unpaired) electrons. The molecule has 5 rings (SSSR count). The molecule has 32 heavy (non-hydrogen) atoms. The monoisotopic (exact) mass is 430 g/mol. The van der Waals surface area contributed by atoms with Crippen molar-refractivity contribution in [2.75, 3.05) is 31.1 Å². The molecule has 1 N–H and O–H groups in total. The van der Waals surface area contributed by atoms with Crippen LogP contribution in [-0.2, 0) is 13.1 Å². The molecule has 1 aliphatic rings. The van der Waals surface area contributed by atoms with E-state index >= 15 is 0 Å². The Labute approximate surface area is 184 Å². The molecule has 2 aromatic heterocycles. The van der Waals surface area contributed by atoms with Gasteiger partial charge in [0, 0.05) is 31.6 Å². The number of piperazine rings is 1. The smallest absolute Gasteiger partial charge is 0.293 e. The van der Waals surface area contributed by atoms with Gasteiger partial charge in [0.1, 0.15) is 16.9 Å². The van der Waals surface area contributed by atoms with Crippen LogP contribution in [0.5, 0.6) is 0 Å². The van der Waals surface area contributed by atoms with Crippen molar-refractivity contribution in [3.63, 3.8) is 0 Å². The largest absolute Gasteiger partial charge is 0.340 e. The molecule has 0 atom stereocenters. The second-order valence-electron chi connectivity index (χ2n) is 7.76. The Hall–Kier alpha value is -3.70. The SMILES string of the molecule is CC#CCn1c(N2CCNCC2)nc2cnn(Cc3ccc(F)c4ccccc34)c(=O)c21. The Morgan fingerprint density at radius 1 is 1.12 bits per heavy atom. The highest BCUT2D eigenvalue weighted by atomic mass is 19.1. The lowest BCUT2D eigenvalue weighted by Crippen LogP contribution is -2.44. The second kappa shape index (κ2) is 8.44. The topological polar surface area (TPSA) is 68.0 Å². The lowest BCUT2D eigenvalue weighted by molar-refractivity contribution is 0.572. The minimum atomic E-state index is -0.281. The molecule has 2 aromatic carbocycles. The van der Waals surface area contributed by atoms with Crippen LogP contribution >= 0.6 is 0 Å². The molecule has 3 heterocycles. The van der Waals surface area contributed by atoms with E-state index < -0.39 is 0 Å². The third-order valence-electron chi connectivity index (χ3n) is 5.83. The molecule has 4 aromatic rings. The molecular weight excluding hydrogens is 407 g/mol. The van der Waals surface area contributed by atoms with E-state index in [1.807, 2.05) is 16.7 Å². The van der Waals surface area contributed by atoms with Gasteiger partial charge in [-0.05, 0) is 23.9 Å². The van der Waals surface area contributed by atoms with Crippen molar-refractivity contribution >= 4 is 27.8 Å². The average Bonchev–Trinajstić information content (AvgIpc) is 3.21. The maximum absolute atomic E-state index is 14.2. The van der Waals surface area contributed by atoms with Crippen LogP contribution in [0.25, 0.3) is 21.8 Å². The van der Waals surface area contributed by atoms with Crippen molar-refractivity contribution in [2.45, 2.75) is 20.0 Å². The van der Waals surface area contributed by atoms with Crippen molar-refractivity contribution in [3.8, 4) is 11.8 Å². The Morgan fingerprint density at radius 3 is 2.69 bits per heavy atom. The van der Waals surface area contributed by atoms with E-state index in [0.29, 0.717) is 23.0 Å². The van der Waals surface area contributed by atoms with E-state index in [1.165, 1.54) is 10.7 Å². The van der Waals surface area contributed by atoms with Gasteiger partial charge in [-0.15, -0.1) is 5.92 Å². The molecule has 1 fully saturated rings. The van der Waals surface area contributed by atoms with Crippen LogP contribution in [0.2, 0.25) is 0 Å². The summed E-state index contributed by atoms with van der Waals surface area (Å²) in [6.45, 7) is 5.75. The molecular formula is C24H23FN6O. The van der Waals surface area contributed by atoms with Crippen LogP contribution in [-0.4, -0.2) is 45.5 Å². The molecule has 0 saturated carbocycles. The average molecular weight is 430 g/mol. The third kappa shape index (κ3) is 3.51. The van der Waals surface area contributed by atoms with Crippen LogP contribution in [0.1, 0.15) is 12.5 Å². The van der Waals surface area contributed by atoms with Gasteiger partial charge in [-0.3, -0.25) is 9.36 Å². The van der Waals surface area contributed by atoms with Gasteiger partial charge < -0.3 is 10.2 Å². The van der Waals surface area contributed by atoms with Gasteiger partial charge in [0.15, 0.2) is 0 Å². The zero-order chi connectivity index (χ0) is 22.1. The van der Waals surface area contributed by atoms with E-state index in [4.69, 9.17) is 4.98 Å². The van der Waals surface area contributed by atoms with Crippen molar-refractivity contribution < 1.29 is 4.39 Å². The fraction of sp³-hybridized carbons (Fsp3) is 0.292. The van der Waals surface area contributed by atoms with Gasteiger partial charge in [0.25, 0.3) is 5.56 Å². The summed E-state index contributed by atoms with van der Waals surface area (Å²) in [5, 5.41) is 9.02. The van der Waals surface area contributed by atoms with E-state index in [1.54, 1.807) is 31.3 Å². The summed E-state index contributed by atoms with van der Waals surface area (Å²) < 4.78 is 17.5. The number of halogens is 1. The number of hydrogen-bond acceptors (Lipinski definition) is 5. The van der Waals surface area contributed by atoms with E-state index in [-0.39, 0.29) is 17.9 Å². The standard InChI is InChI=1S/C24H23FN6O/c1-2-3-12-30-22-21(28-24(30)29-13-10-26-11-14-29)15-27-31(23(22)32)16-17-8-9-20(25)19-7-5-4-6-18(17)19/h4-9,15,26H,10-14,16H2,1H3. The number of benzene rings is 2. The maximum atomic E-state index is 14.2. The molecule has 0 aliphatic carbocycles. The summed E-state index contributed by atoms with van der Waals surface area (Å²) in [5.41, 5.74) is 1.64. The number of imidazole rings is 1. The number of anilines is 1. The van der Waals surface area contributed by atoms with Crippen LogP contribution < -0.4 is 15.8 Å². The van der Waals surface area contributed by atoms with E-state index in [2.05, 4.69) is 27.2 Å². The van der Waals surface area contributed by atoms with E-state index in [0.717, 1.165) is 43.1 Å². The first-order valence-corrected chi connectivity index (χ1v) is 10.6. The number of aromatic nitrogens is 4. The van der Waals surface area contributed by atoms with Crippen LogP contribution in [0, 0.1) is 17.7 Å². The van der Waals surface area contributed by atoms with Gasteiger partial charge in [-0.1, -0.05) is 36.3 Å². The third-order valence-corrected chi connectivity index (χ3v) is 5.83. The molecule has 0 bridgehead atoms. The molecule has 0 spiro atoms. The zero-order valence-corrected chi connectivity index (χ0v) is 17.8. The predicted octanol–water partition coefficient (Wildman–Crippen LogP) is 2.37. The minimum Gasteiger partial charge on any atom is -0.340 e. The van der Waals surface area contributed by atoms with Crippen LogP contribution in [0.4, 0.5) is 10.3 Å². The number of hydrogen-bond donors (Lipinski definition) is 1. The van der Waals surface area contributed by atoms with Gasteiger partial charge in [-0.25, -0.2) is 14.1 Å². The predicted molar refractivity (Wildman–Crippen MR) is 123 cm³/mol. The van der Waals surface area contributed by atoms with Gasteiger partial charge in [-0.2, -0.15) is 5.10 Å². The lowest BCUT2D eigenvalue weighted by Gasteiger charge is -2.28. The van der Waals surface area contributed by atoms with Gasteiger partial charge in [0.2, 0.25) is 5.95 Å². The normalized spacial score (nSPS) is 14.0. The molecule has 162 valence electrons. The number of fused-ring (bicyclic) bond motifs is 2. The summed E-state index contributed by atoms with van der Waals surface area (Å²) in [7, 11) is 0. The fourth-order valence-corrected chi connectivity index (χ4v) is 4.22. The first-order valence-electron chi connectivity index (χ1n) is 10.6. The van der Waals surface area contributed by atoms with Crippen molar-refractivity contribution in [1.82, 2.24) is 24.6 Å². The Bertz CT molecular complexity index is 1420.